The van der Waals surface area contributed by atoms with E-state index < -0.39 is 0 Å². The van der Waals surface area contributed by atoms with Gasteiger partial charge in [-0.2, -0.15) is 0 Å². The molecular weight excluding hydrogens is 270 g/mol. The molecule has 0 aliphatic heterocycles. The van der Waals surface area contributed by atoms with Crippen LogP contribution in [0, 0.1) is 6.92 Å². The number of benzene rings is 2. The number of aryl methyl sites for hydroxylation is 1. The van der Waals surface area contributed by atoms with Gasteiger partial charge in [0.25, 0.3) is 0 Å². The minimum atomic E-state index is 0.758. The number of hydrogen-bond acceptors (Lipinski definition) is 2. The zero-order valence-corrected chi connectivity index (χ0v) is 12.3. The van der Waals surface area contributed by atoms with Crippen LogP contribution in [0.3, 0.4) is 0 Å². The quantitative estimate of drug-likeness (QED) is 0.749. The summed E-state index contributed by atoms with van der Waals surface area (Å²) in [6, 6.07) is 14.3. The lowest BCUT2D eigenvalue weighted by molar-refractivity contribution is 0.629. The first kappa shape index (κ1) is 13.2. The molecule has 0 amide bonds. The summed E-state index contributed by atoms with van der Waals surface area (Å²) in [6.07, 6.45) is 0. The summed E-state index contributed by atoms with van der Waals surface area (Å²) in [4.78, 5) is 0. The Kier molecular flexibility index (Phi) is 3.51. The van der Waals surface area contributed by atoms with Crippen LogP contribution in [0.1, 0.15) is 11.1 Å². The van der Waals surface area contributed by atoms with Crippen LogP contribution in [0.2, 0.25) is 5.02 Å². The third-order valence-electron chi connectivity index (χ3n) is 3.45. The van der Waals surface area contributed by atoms with Gasteiger partial charge in [-0.15, -0.1) is 0 Å². The minimum Gasteiger partial charge on any atom is -0.456 e. The molecule has 3 heteroatoms. The van der Waals surface area contributed by atoms with Gasteiger partial charge in [0.15, 0.2) is 0 Å². The van der Waals surface area contributed by atoms with E-state index in [9.17, 15) is 0 Å². The van der Waals surface area contributed by atoms with Crippen molar-refractivity contribution in [2.24, 2.45) is 0 Å². The van der Waals surface area contributed by atoms with Crippen molar-refractivity contribution in [1.29, 1.82) is 0 Å². The van der Waals surface area contributed by atoms with E-state index in [-0.39, 0.29) is 0 Å². The highest BCUT2D eigenvalue weighted by Crippen LogP contribution is 2.31. The number of hydrogen-bond donors (Lipinski definition) is 1. The largest absolute Gasteiger partial charge is 0.456 e. The van der Waals surface area contributed by atoms with Crippen molar-refractivity contribution in [3.63, 3.8) is 0 Å². The molecule has 0 unspecified atom stereocenters. The van der Waals surface area contributed by atoms with Crippen LogP contribution in [0.5, 0.6) is 0 Å². The van der Waals surface area contributed by atoms with E-state index in [1.165, 1.54) is 0 Å². The zero-order valence-electron chi connectivity index (χ0n) is 11.5. The van der Waals surface area contributed by atoms with Crippen molar-refractivity contribution in [1.82, 2.24) is 5.32 Å². The summed E-state index contributed by atoms with van der Waals surface area (Å²) in [6.45, 7) is 2.82. The van der Waals surface area contributed by atoms with Crippen molar-refractivity contribution in [3.8, 4) is 11.3 Å². The van der Waals surface area contributed by atoms with Gasteiger partial charge in [0.1, 0.15) is 11.3 Å². The van der Waals surface area contributed by atoms with Crippen LogP contribution in [0.4, 0.5) is 0 Å². The fourth-order valence-corrected chi connectivity index (χ4v) is 2.63. The van der Waals surface area contributed by atoms with Gasteiger partial charge in [0.05, 0.1) is 0 Å². The van der Waals surface area contributed by atoms with Gasteiger partial charge in [0.2, 0.25) is 0 Å². The van der Waals surface area contributed by atoms with E-state index in [4.69, 9.17) is 16.0 Å². The molecule has 20 heavy (non-hydrogen) atoms. The lowest BCUT2D eigenvalue weighted by atomic mass is 10.1. The smallest absolute Gasteiger partial charge is 0.137 e. The Morgan fingerprint density at radius 1 is 1.15 bits per heavy atom. The highest BCUT2D eigenvalue weighted by atomic mass is 35.5. The van der Waals surface area contributed by atoms with E-state index in [0.29, 0.717) is 0 Å². The Bertz CT molecular complexity index is 761. The molecular formula is C17H16ClNO. The SMILES string of the molecule is CNCc1ccc(-c2cc3cccc(C)c3o2)cc1Cl. The Morgan fingerprint density at radius 3 is 2.70 bits per heavy atom. The van der Waals surface area contributed by atoms with Gasteiger partial charge in [-0.1, -0.05) is 41.9 Å². The first-order valence-electron chi connectivity index (χ1n) is 6.61. The van der Waals surface area contributed by atoms with Gasteiger partial charge in [-0.05, 0) is 37.2 Å². The Morgan fingerprint density at radius 2 is 2.00 bits per heavy atom. The van der Waals surface area contributed by atoms with E-state index >= 15 is 0 Å². The Balaban J connectivity index is 2.06. The van der Waals surface area contributed by atoms with Crippen molar-refractivity contribution < 1.29 is 4.42 Å². The molecule has 0 saturated heterocycles. The van der Waals surface area contributed by atoms with Gasteiger partial charge in [-0.3, -0.25) is 0 Å². The van der Waals surface area contributed by atoms with Crippen LogP contribution < -0.4 is 5.32 Å². The monoisotopic (exact) mass is 285 g/mol. The summed E-state index contributed by atoms with van der Waals surface area (Å²) in [5, 5.41) is 4.98. The third-order valence-corrected chi connectivity index (χ3v) is 3.80. The number of rotatable bonds is 3. The Hall–Kier alpha value is -1.77. The summed E-state index contributed by atoms with van der Waals surface area (Å²) in [5.41, 5.74) is 4.18. The highest BCUT2D eigenvalue weighted by Gasteiger charge is 2.09. The second-order valence-corrected chi connectivity index (χ2v) is 5.35. The molecule has 1 N–H and O–H groups in total. The van der Waals surface area contributed by atoms with Gasteiger partial charge < -0.3 is 9.73 Å². The Labute approximate surface area is 123 Å². The predicted molar refractivity (Wildman–Crippen MR) is 84.2 cm³/mol. The molecule has 0 aliphatic rings. The second-order valence-electron chi connectivity index (χ2n) is 4.94. The highest BCUT2D eigenvalue weighted by molar-refractivity contribution is 6.31. The molecule has 0 atom stereocenters. The maximum Gasteiger partial charge on any atom is 0.137 e. The number of fused-ring (bicyclic) bond motifs is 1. The number of furan rings is 1. The van der Waals surface area contributed by atoms with Gasteiger partial charge >= 0.3 is 0 Å². The minimum absolute atomic E-state index is 0.758. The number of nitrogens with one attached hydrogen (secondary N) is 1. The number of halogens is 1. The van der Waals surface area contributed by atoms with E-state index in [2.05, 4.69) is 30.4 Å². The molecule has 1 heterocycles. The molecule has 102 valence electrons. The molecule has 0 fully saturated rings. The maximum atomic E-state index is 6.31. The summed E-state index contributed by atoms with van der Waals surface area (Å²) in [7, 11) is 1.91. The molecule has 3 aromatic rings. The second kappa shape index (κ2) is 5.31. The van der Waals surface area contributed by atoms with Gasteiger partial charge in [-0.25, -0.2) is 0 Å². The van der Waals surface area contributed by atoms with Crippen LogP contribution >= 0.6 is 11.6 Å². The lowest BCUT2D eigenvalue weighted by Crippen LogP contribution is -2.05. The van der Waals surface area contributed by atoms with Crippen LogP contribution in [0.15, 0.2) is 46.9 Å². The summed E-state index contributed by atoms with van der Waals surface area (Å²) >= 11 is 6.31. The van der Waals surface area contributed by atoms with Crippen LogP contribution in [0.25, 0.3) is 22.3 Å². The molecule has 2 aromatic carbocycles. The summed E-state index contributed by atoms with van der Waals surface area (Å²) < 4.78 is 5.97. The molecule has 0 bridgehead atoms. The van der Waals surface area contributed by atoms with E-state index in [1.807, 2.05) is 31.3 Å². The normalized spacial score (nSPS) is 11.2. The predicted octanol–water partition coefficient (Wildman–Crippen LogP) is 4.78. The fourth-order valence-electron chi connectivity index (χ4n) is 2.39. The summed E-state index contributed by atoms with van der Waals surface area (Å²) in [5.74, 6) is 0.854. The third kappa shape index (κ3) is 2.33. The molecule has 3 rings (SSSR count). The van der Waals surface area contributed by atoms with Crippen molar-refractivity contribution in [3.05, 3.63) is 58.6 Å². The average Bonchev–Trinajstić information content (AvgIpc) is 2.87. The molecule has 0 radical (unpaired) electrons. The maximum absolute atomic E-state index is 6.31. The van der Waals surface area contributed by atoms with Crippen molar-refractivity contribution in [2.45, 2.75) is 13.5 Å². The van der Waals surface area contributed by atoms with Crippen molar-refractivity contribution in [2.75, 3.05) is 7.05 Å². The molecule has 0 aliphatic carbocycles. The van der Waals surface area contributed by atoms with Crippen LogP contribution in [-0.4, -0.2) is 7.05 Å². The first-order valence-corrected chi connectivity index (χ1v) is 6.99. The first-order chi connectivity index (χ1) is 9.69. The zero-order chi connectivity index (χ0) is 14.1. The van der Waals surface area contributed by atoms with Crippen molar-refractivity contribution >= 4 is 22.6 Å². The van der Waals surface area contributed by atoms with E-state index in [1.54, 1.807) is 0 Å². The molecule has 0 saturated carbocycles. The standard InChI is InChI=1S/C17H16ClNO/c1-11-4-3-5-13-9-16(20-17(11)13)12-6-7-14(10-19-2)15(18)8-12/h3-9,19H,10H2,1-2H3. The van der Waals surface area contributed by atoms with Gasteiger partial charge in [0, 0.05) is 22.5 Å². The van der Waals surface area contributed by atoms with E-state index in [0.717, 1.165) is 45.0 Å². The lowest BCUT2D eigenvalue weighted by Gasteiger charge is -2.05. The molecule has 0 spiro atoms. The molecule has 2 nitrogen and oxygen atoms in total. The number of para-hydroxylation sites is 1. The molecule has 1 aromatic heterocycles. The average molecular weight is 286 g/mol. The van der Waals surface area contributed by atoms with Crippen LogP contribution in [-0.2, 0) is 6.54 Å². The fraction of sp³-hybridized carbons (Fsp3) is 0.176. The topological polar surface area (TPSA) is 25.2 Å².